The fourth-order valence-electron chi connectivity index (χ4n) is 2.67. The molecule has 0 bridgehead atoms. The van der Waals surface area contributed by atoms with Crippen molar-refractivity contribution >= 4 is 27.7 Å². The third-order valence-corrected chi connectivity index (χ3v) is 5.64. The number of hydrogen-bond donors (Lipinski definition) is 1. The molecular weight excluding hydrogens is 339 g/mol. The van der Waals surface area contributed by atoms with Gasteiger partial charge in [0, 0.05) is 34.6 Å². The van der Waals surface area contributed by atoms with E-state index in [2.05, 4.69) is 40.1 Å². The molecule has 2 unspecified atom stereocenters. The Morgan fingerprint density at radius 2 is 2.35 bits per heavy atom. The number of nitrogens with zero attached hydrogens (tertiary/aromatic N) is 1. The monoisotopic (exact) mass is 360 g/mol. The predicted molar refractivity (Wildman–Crippen MR) is 89.0 cm³/mol. The molecule has 0 saturated carbocycles. The van der Waals surface area contributed by atoms with Gasteiger partial charge in [-0.25, -0.2) is 4.39 Å². The van der Waals surface area contributed by atoms with Gasteiger partial charge in [-0.3, -0.25) is 0 Å². The van der Waals surface area contributed by atoms with Gasteiger partial charge in [0.1, 0.15) is 5.82 Å². The largest absolute Gasteiger partial charge is 0.312 e. The first-order valence-electron chi connectivity index (χ1n) is 7.07. The molecule has 1 aromatic carbocycles. The summed E-state index contributed by atoms with van der Waals surface area (Å²) in [5.41, 5.74) is 1.04. The molecule has 0 spiro atoms. The highest BCUT2D eigenvalue weighted by atomic mass is 79.9. The summed E-state index contributed by atoms with van der Waals surface area (Å²) >= 11 is 5.55. The number of thioether (sulfide) groups is 1. The molecule has 112 valence electrons. The molecule has 1 heterocycles. The third kappa shape index (κ3) is 4.20. The summed E-state index contributed by atoms with van der Waals surface area (Å²) in [6.45, 7) is 4.19. The highest BCUT2D eigenvalue weighted by molar-refractivity contribution is 9.10. The lowest BCUT2D eigenvalue weighted by Gasteiger charge is -2.38. The van der Waals surface area contributed by atoms with Crippen molar-refractivity contribution in [1.29, 1.82) is 0 Å². The van der Waals surface area contributed by atoms with E-state index in [4.69, 9.17) is 0 Å². The van der Waals surface area contributed by atoms with Crippen LogP contribution in [0.3, 0.4) is 0 Å². The van der Waals surface area contributed by atoms with E-state index in [0.717, 1.165) is 35.3 Å². The Morgan fingerprint density at radius 1 is 1.55 bits per heavy atom. The van der Waals surface area contributed by atoms with Crippen molar-refractivity contribution in [3.8, 4) is 0 Å². The van der Waals surface area contributed by atoms with Crippen LogP contribution in [0.5, 0.6) is 0 Å². The minimum Gasteiger partial charge on any atom is -0.312 e. The number of benzene rings is 1. The van der Waals surface area contributed by atoms with Gasteiger partial charge in [0.05, 0.1) is 0 Å². The minimum atomic E-state index is -0.162. The van der Waals surface area contributed by atoms with Gasteiger partial charge in [-0.05, 0) is 43.8 Å². The fraction of sp³-hybridized carbons (Fsp3) is 0.600. The lowest BCUT2D eigenvalue weighted by molar-refractivity contribution is 0.215. The fourth-order valence-corrected chi connectivity index (χ4v) is 4.39. The molecule has 0 radical (unpaired) electrons. The lowest BCUT2D eigenvalue weighted by atomic mass is 9.99. The van der Waals surface area contributed by atoms with E-state index < -0.39 is 0 Å². The first-order valence-corrected chi connectivity index (χ1v) is 9.02. The van der Waals surface area contributed by atoms with E-state index in [1.165, 1.54) is 11.8 Å². The van der Waals surface area contributed by atoms with Gasteiger partial charge in [-0.2, -0.15) is 11.8 Å². The number of nitrogens with one attached hydrogen (secondary N) is 1. The molecule has 0 aromatic heterocycles. The topological polar surface area (TPSA) is 15.3 Å². The molecule has 1 aliphatic heterocycles. The second-order valence-electron chi connectivity index (χ2n) is 5.23. The molecule has 0 amide bonds. The van der Waals surface area contributed by atoms with Crippen LogP contribution in [0.2, 0.25) is 0 Å². The minimum absolute atomic E-state index is 0.162. The number of hydrogen-bond acceptors (Lipinski definition) is 3. The second kappa shape index (κ2) is 7.78. The second-order valence-corrected chi connectivity index (χ2v) is 7.23. The van der Waals surface area contributed by atoms with Gasteiger partial charge in [-0.15, -0.1) is 0 Å². The van der Waals surface area contributed by atoms with Crippen LogP contribution in [0.15, 0.2) is 22.7 Å². The van der Waals surface area contributed by atoms with Crippen molar-refractivity contribution in [2.24, 2.45) is 0 Å². The van der Waals surface area contributed by atoms with E-state index in [0.29, 0.717) is 12.1 Å². The zero-order chi connectivity index (χ0) is 14.5. The van der Waals surface area contributed by atoms with Gasteiger partial charge in [0.2, 0.25) is 0 Å². The lowest BCUT2D eigenvalue weighted by Crippen LogP contribution is -2.53. The summed E-state index contributed by atoms with van der Waals surface area (Å²) in [5.74, 6) is 2.18. The van der Waals surface area contributed by atoms with Crippen molar-refractivity contribution in [3.05, 3.63) is 34.1 Å². The van der Waals surface area contributed by atoms with Crippen molar-refractivity contribution < 1.29 is 4.39 Å². The molecule has 20 heavy (non-hydrogen) atoms. The highest BCUT2D eigenvalue weighted by Crippen LogP contribution is 2.24. The van der Waals surface area contributed by atoms with E-state index in [9.17, 15) is 4.39 Å². The van der Waals surface area contributed by atoms with Gasteiger partial charge in [-0.1, -0.05) is 22.9 Å². The van der Waals surface area contributed by atoms with Crippen LogP contribution in [0.25, 0.3) is 0 Å². The van der Waals surface area contributed by atoms with Crippen molar-refractivity contribution in [2.45, 2.75) is 25.4 Å². The van der Waals surface area contributed by atoms with Crippen molar-refractivity contribution in [3.63, 3.8) is 0 Å². The van der Waals surface area contributed by atoms with Gasteiger partial charge < -0.3 is 10.2 Å². The van der Waals surface area contributed by atoms with E-state index >= 15 is 0 Å². The summed E-state index contributed by atoms with van der Waals surface area (Å²) in [5, 5.41) is 3.58. The quantitative estimate of drug-likeness (QED) is 0.868. The maximum absolute atomic E-state index is 13.4. The molecule has 2 atom stereocenters. The molecule has 2 rings (SSSR count). The average molecular weight is 361 g/mol. The summed E-state index contributed by atoms with van der Waals surface area (Å²) in [6, 6.07) is 5.80. The molecule has 1 N–H and O–H groups in total. The van der Waals surface area contributed by atoms with Gasteiger partial charge in [0.25, 0.3) is 0 Å². The zero-order valence-electron chi connectivity index (χ0n) is 12.0. The summed E-state index contributed by atoms with van der Waals surface area (Å²) < 4.78 is 14.4. The molecule has 1 aliphatic rings. The van der Waals surface area contributed by atoms with Crippen LogP contribution in [0, 0.1) is 5.82 Å². The smallest absolute Gasteiger partial charge is 0.123 e. The standard InChI is InChI=1S/C15H22BrFN2S/c1-3-18-14(15-10-20-7-6-19(15)2)9-11-8-12(17)4-5-13(11)16/h4-5,8,14-15,18H,3,6-7,9-10H2,1-2H3. The van der Waals surface area contributed by atoms with Crippen molar-refractivity contribution in [2.75, 3.05) is 31.6 Å². The van der Waals surface area contributed by atoms with Crippen LogP contribution >= 0.6 is 27.7 Å². The normalized spacial score (nSPS) is 21.9. The van der Waals surface area contributed by atoms with E-state index in [-0.39, 0.29) is 5.82 Å². The van der Waals surface area contributed by atoms with Crippen LogP contribution in [0.4, 0.5) is 4.39 Å². The molecule has 5 heteroatoms. The van der Waals surface area contributed by atoms with Crippen LogP contribution in [-0.2, 0) is 6.42 Å². The summed E-state index contributed by atoms with van der Waals surface area (Å²) in [6.07, 6.45) is 0.849. The molecule has 2 nitrogen and oxygen atoms in total. The Hall–Kier alpha value is -0.100. The van der Waals surface area contributed by atoms with Crippen molar-refractivity contribution in [1.82, 2.24) is 10.2 Å². The molecular formula is C15H22BrFN2S. The Kier molecular flexibility index (Phi) is 6.33. The zero-order valence-corrected chi connectivity index (χ0v) is 14.4. The Morgan fingerprint density at radius 3 is 3.05 bits per heavy atom. The third-order valence-electron chi connectivity index (χ3n) is 3.82. The van der Waals surface area contributed by atoms with Gasteiger partial charge >= 0.3 is 0 Å². The molecule has 1 aromatic rings. The Bertz CT molecular complexity index is 444. The Labute approximate surface area is 133 Å². The summed E-state index contributed by atoms with van der Waals surface area (Å²) in [7, 11) is 2.19. The van der Waals surface area contributed by atoms with Crippen LogP contribution < -0.4 is 5.32 Å². The Balaban J connectivity index is 2.13. The maximum atomic E-state index is 13.4. The van der Waals surface area contributed by atoms with Crippen LogP contribution in [-0.4, -0.2) is 48.6 Å². The number of halogens is 2. The van der Waals surface area contributed by atoms with Gasteiger partial charge in [0.15, 0.2) is 0 Å². The van der Waals surface area contributed by atoms with Crippen LogP contribution in [0.1, 0.15) is 12.5 Å². The van der Waals surface area contributed by atoms with E-state index in [1.807, 2.05) is 11.8 Å². The number of rotatable bonds is 5. The molecule has 0 aliphatic carbocycles. The number of likely N-dealkylation sites (N-methyl/N-ethyl adjacent to an activating group) is 2. The highest BCUT2D eigenvalue weighted by Gasteiger charge is 2.28. The van der Waals surface area contributed by atoms with E-state index in [1.54, 1.807) is 12.1 Å². The average Bonchev–Trinajstić information content (AvgIpc) is 2.43. The maximum Gasteiger partial charge on any atom is 0.123 e. The molecule has 1 fully saturated rings. The predicted octanol–water partition coefficient (Wildman–Crippen LogP) is 3.16. The SMILES string of the molecule is CCNC(Cc1cc(F)ccc1Br)C1CSCCN1C. The molecule has 1 saturated heterocycles. The first kappa shape index (κ1) is 16.3. The first-order chi connectivity index (χ1) is 9.61. The summed E-state index contributed by atoms with van der Waals surface area (Å²) in [4.78, 5) is 2.43.